The van der Waals surface area contributed by atoms with Crippen molar-refractivity contribution in [3.05, 3.63) is 0 Å². The van der Waals surface area contributed by atoms with E-state index in [9.17, 15) is 9.90 Å². The van der Waals surface area contributed by atoms with E-state index in [1.807, 2.05) is 6.92 Å². The van der Waals surface area contributed by atoms with Crippen LogP contribution in [0.15, 0.2) is 0 Å². The molecule has 0 aliphatic heterocycles. The lowest BCUT2D eigenvalue weighted by Crippen LogP contribution is -2.52. The second kappa shape index (κ2) is 6.64. The molecular formula is C22H36O3. The van der Waals surface area contributed by atoms with Gasteiger partial charge in [-0.3, -0.25) is 0 Å². The molecule has 4 aliphatic rings. The number of carbonyl (C=O) groups excluding carboxylic acids is 1. The van der Waals surface area contributed by atoms with Crippen LogP contribution in [-0.2, 0) is 9.53 Å². The molecule has 1 N–H and O–H groups in total. The van der Waals surface area contributed by atoms with Crippen molar-refractivity contribution in [3.63, 3.8) is 0 Å². The molecule has 142 valence electrons. The Morgan fingerprint density at radius 3 is 2.60 bits per heavy atom. The largest absolute Gasteiger partial charge is 0.387 e. The van der Waals surface area contributed by atoms with Crippen molar-refractivity contribution in [2.45, 2.75) is 77.2 Å². The Morgan fingerprint density at radius 1 is 1.04 bits per heavy atom. The van der Waals surface area contributed by atoms with Gasteiger partial charge in [-0.1, -0.05) is 6.92 Å². The molecule has 0 saturated heterocycles. The van der Waals surface area contributed by atoms with Crippen LogP contribution in [0.4, 0.5) is 0 Å². The van der Waals surface area contributed by atoms with Crippen LogP contribution in [0.3, 0.4) is 0 Å². The van der Waals surface area contributed by atoms with Gasteiger partial charge in [-0.2, -0.15) is 0 Å². The molecule has 3 nitrogen and oxygen atoms in total. The van der Waals surface area contributed by atoms with Gasteiger partial charge in [0.05, 0.1) is 12.2 Å². The Kier molecular flexibility index (Phi) is 4.77. The van der Waals surface area contributed by atoms with E-state index in [1.54, 1.807) is 0 Å². The summed E-state index contributed by atoms with van der Waals surface area (Å²) in [5, 5.41) is 10.9. The summed E-state index contributed by atoms with van der Waals surface area (Å²) in [6, 6.07) is 0. The van der Waals surface area contributed by atoms with Gasteiger partial charge in [0.25, 0.3) is 0 Å². The van der Waals surface area contributed by atoms with Gasteiger partial charge in [0.2, 0.25) is 0 Å². The minimum absolute atomic E-state index is 0.278. The van der Waals surface area contributed by atoms with Gasteiger partial charge in [-0.25, -0.2) is 0 Å². The summed E-state index contributed by atoms with van der Waals surface area (Å²) in [5.74, 6) is 4.25. The molecule has 0 aromatic heterocycles. The van der Waals surface area contributed by atoms with Crippen molar-refractivity contribution < 1.29 is 14.6 Å². The molecule has 0 unspecified atom stereocenters. The van der Waals surface area contributed by atoms with E-state index in [1.165, 1.54) is 44.8 Å². The van der Waals surface area contributed by atoms with Crippen molar-refractivity contribution in [1.29, 1.82) is 0 Å². The molecule has 0 heterocycles. The first kappa shape index (κ1) is 18.0. The zero-order valence-corrected chi connectivity index (χ0v) is 16.1. The van der Waals surface area contributed by atoms with E-state index in [0.717, 1.165) is 42.9 Å². The topological polar surface area (TPSA) is 46.5 Å². The Labute approximate surface area is 152 Å². The van der Waals surface area contributed by atoms with Crippen LogP contribution in [0.1, 0.15) is 71.6 Å². The number of hydrogen-bond donors (Lipinski definition) is 1. The van der Waals surface area contributed by atoms with Crippen LogP contribution in [-0.4, -0.2) is 30.2 Å². The number of hydrogen-bond acceptors (Lipinski definition) is 3. The van der Waals surface area contributed by atoms with E-state index in [4.69, 9.17) is 4.74 Å². The average Bonchev–Trinajstić information content (AvgIpc) is 2.96. The first-order valence-corrected chi connectivity index (χ1v) is 10.8. The molecule has 0 amide bonds. The predicted molar refractivity (Wildman–Crippen MR) is 98.1 cm³/mol. The van der Waals surface area contributed by atoms with Crippen molar-refractivity contribution in [3.8, 4) is 0 Å². The summed E-state index contributed by atoms with van der Waals surface area (Å²) in [7, 11) is 0. The van der Waals surface area contributed by atoms with Crippen LogP contribution in [0.2, 0.25) is 0 Å². The third-order valence-electron chi connectivity index (χ3n) is 8.92. The molecule has 0 spiro atoms. The van der Waals surface area contributed by atoms with Crippen molar-refractivity contribution >= 4 is 6.29 Å². The highest BCUT2D eigenvalue weighted by Gasteiger charge is 2.57. The first-order chi connectivity index (χ1) is 12.0. The molecule has 4 rings (SSSR count). The number of carbonyl (C=O) groups is 1. The fraction of sp³-hybridized carbons (Fsp3) is 0.955. The van der Waals surface area contributed by atoms with Crippen LogP contribution in [0, 0.1) is 40.9 Å². The Bertz CT molecular complexity index is 506. The zero-order chi connectivity index (χ0) is 17.7. The first-order valence-electron chi connectivity index (χ1n) is 10.8. The molecule has 8 atom stereocenters. The minimum atomic E-state index is -0.580. The quantitative estimate of drug-likeness (QED) is 0.774. The van der Waals surface area contributed by atoms with Crippen LogP contribution < -0.4 is 0 Å². The summed E-state index contributed by atoms with van der Waals surface area (Å²) < 4.78 is 5.57. The fourth-order valence-corrected chi connectivity index (χ4v) is 7.65. The Morgan fingerprint density at radius 2 is 1.84 bits per heavy atom. The lowest BCUT2D eigenvalue weighted by atomic mass is 9.49. The molecule has 4 aliphatic carbocycles. The van der Waals surface area contributed by atoms with Gasteiger partial charge in [0, 0.05) is 12.5 Å². The van der Waals surface area contributed by atoms with E-state index >= 15 is 0 Å². The number of fused-ring (bicyclic) bond motifs is 5. The SMILES string of the molecule is CCOC[C@@]1(O)CC[C@H]2[C@H](CC[C@@H]3[C@@H]2CC[C@]2(C)[C@@H](C=O)CC[C@@H]32)C1. The van der Waals surface area contributed by atoms with Gasteiger partial charge in [0.1, 0.15) is 6.29 Å². The molecule has 4 saturated carbocycles. The summed E-state index contributed by atoms with van der Waals surface area (Å²) in [5.41, 5.74) is -0.302. The maximum atomic E-state index is 11.6. The monoisotopic (exact) mass is 348 g/mol. The Hall–Kier alpha value is -0.410. The Balaban J connectivity index is 1.47. The molecule has 25 heavy (non-hydrogen) atoms. The van der Waals surface area contributed by atoms with Crippen molar-refractivity contribution in [2.75, 3.05) is 13.2 Å². The third kappa shape index (κ3) is 2.90. The van der Waals surface area contributed by atoms with Gasteiger partial charge < -0.3 is 14.6 Å². The smallest absolute Gasteiger partial charge is 0.123 e. The summed E-state index contributed by atoms with van der Waals surface area (Å²) in [4.78, 5) is 11.6. The summed E-state index contributed by atoms with van der Waals surface area (Å²) in [6.45, 7) is 5.63. The van der Waals surface area contributed by atoms with Gasteiger partial charge in [-0.15, -0.1) is 0 Å². The second-order valence-corrected chi connectivity index (χ2v) is 9.90. The maximum absolute atomic E-state index is 11.6. The van der Waals surface area contributed by atoms with Gasteiger partial charge in [-0.05, 0) is 99.7 Å². The number of aliphatic hydroxyl groups is 1. The zero-order valence-electron chi connectivity index (χ0n) is 16.1. The summed E-state index contributed by atoms with van der Waals surface area (Å²) >= 11 is 0. The lowest BCUT2D eigenvalue weighted by molar-refractivity contribution is -0.132. The van der Waals surface area contributed by atoms with E-state index < -0.39 is 5.60 Å². The van der Waals surface area contributed by atoms with Crippen LogP contribution in [0.25, 0.3) is 0 Å². The van der Waals surface area contributed by atoms with Crippen molar-refractivity contribution in [2.24, 2.45) is 40.9 Å². The number of ether oxygens (including phenoxy) is 1. The van der Waals surface area contributed by atoms with E-state index in [0.29, 0.717) is 25.0 Å². The summed E-state index contributed by atoms with van der Waals surface area (Å²) in [6.07, 6.45) is 11.8. The number of aldehydes is 1. The van der Waals surface area contributed by atoms with Crippen LogP contribution >= 0.6 is 0 Å². The van der Waals surface area contributed by atoms with E-state index in [2.05, 4.69) is 6.92 Å². The molecule has 0 aromatic rings. The lowest BCUT2D eigenvalue weighted by Gasteiger charge is -2.56. The van der Waals surface area contributed by atoms with Gasteiger partial charge in [0.15, 0.2) is 0 Å². The average molecular weight is 349 g/mol. The molecule has 0 bridgehead atoms. The fourth-order valence-electron chi connectivity index (χ4n) is 7.65. The molecule has 3 heteroatoms. The van der Waals surface area contributed by atoms with Gasteiger partial charge >= 0.3 is 0 Å². The standard InChI is InChI=1S/C22H36O3/c1-3-25-14-22(24)11-9-17-15(12-22)4-6-19-18(17)8-10-21(2)16(13-23)5-7-20(19)21/h13,15-20,24H,3-12,14H2,1-2H3/t15-,16-,17+,18-,19-,20+,21-,22-/m1/s1. The second-order valence-electron chi connectivity index (χ2n) is 9.90. The highest BCUT2D eigenvalue weighted by atomic mass is 16.5. The van der Waals surface area contributed by atoms with E-state index in [-0.39, 0.29) is 5.41 Å². The van der Waals surface area contributed by atoms with Crippen molar-refractivity contribution in [1.82, 2.24) is 0 Å². The third-order valence-corrected chi connectivity index (χ3v) is 8.92. The highest BCUT2D eigenvalue weighted by molar-refractivity contribution is 5.56. The highest BCUT2D eigenvalue weighted by Crippen LogP contribution is 2.64. The predicted octanol–water partition coefficient (Wildman–Crippen LogP) is 4.22. The molecule has 4 fully saturated rings. The number of rotatable bonds is 4. The molecule has 0 radical (unpaired) electrons. The maximum Gasteiger partial charge on any atom is 0.123 e. The normalized spacial score (nSPS) is 52.1. The van der Waals surface area contributed by atoms with Crippen LogP contribution in [0.5, 0.6) is 0 Å². The minimum Gasteiger partial charge on any atom is -0.387 e. The molecule has 0 aromatic carbocycles. The molecular weight excluding hydrogens is 312 g/mol.